The number of amides is 2. The summed E-state index contributed by atoms with van der Waals surface area (Å²) >= 11 is 0. The van der Waals surface area contributed by atoms with Gasteiger partial charge in [0.15, 0.2) is 0 Å². The van der Waals surface area contributed by atoms with Gasteiger partial charge in [0, 0.05) is 30.7 Å². The van der Waals surface area contributed by atoms with Gasteiger partial charge in [-0.25, -0.2) is 0 Å². The minimum Gasteiger partial charge on any atom is -0.337 e. The second-order valence-electron chi connectivity index (χ2n) is 7.04. The number of benzene rings is 2. The zero-order chi connectivity index (χ0) is 17.9. The molecule has 2 aromatic carbocycles. The molecular formula is C21H23N3O2. The molecule has 2 fully saturated rings. The van der Waals surface area contributed by atoms with E-state index in [4.69, 9.17) is 0 Å². The maximum absolute atomic E-state index is 13.1. The summed E-state index contributed by atoms with van der Waals surface area (Å²) in [6, 6.07) is 17.2. The summed E-state index contributed by atoms with van der Waals surface area (Å²) in [5.41, 5.74) is 1.69. The van der Waals surface area contributed by atoms with Crippen molar-refractivity contribution >= 4 is 17.5 Å². The standard InChI is InChI=1S/C21H23N3O2/c25-20(15-6-2-1-3-7-15)23-19-9-5-4-8-18(19)21(26)24-13-12-16-10-11-17(14-24)22-16/h1-9,16-17,22H,10-14H2,(H,23,25). The summed E-state index contributed by atoms with van der Waals surface area (Å²) < 4.78 is 0. The van der Waals surface area contributed by atoms with Crippen LogP contribution >= 0.6 is 0 Å². The van der Waals surface area contributed by atoms with Gasteiger partial charge in [0.1, 0.15) is 0 Å². The number of hydrogen-bond acceptors (Lipinski definition) is 3. The summed E-state index contributed by atoms with van der Waals surface area (Å²) in [4.78, 5) is 27.5. The minimum absolute atomic E-state index is 0.0108. The topological polar surface area (TPSA) is 61.4 Å². The van der Waals surface area contributed by atoms with Crippen LogP contribution in [0.25, 0.3) is 0 Å². The third-order valence-corrected chi connectivity index (χ3v) is 5.25. The molecule has 2 aliphatic heterocycles. The Bertz CT molecular complexity index is 806. The molecule has 2 unspecified atom stereocenters. The molecule has 0 saturated carbocycles. The molecule has 5 nitrogen and oxygen atoms in total. The van der Waals surface area contributed by atoms with Crippen LogP contribution < -0.4 is 10.6 Å². The highest BCUT2D eigenvalue weighted by Gasteiger charge is 2.32. The van der Waals surface area contributed by atoms with Gasteiger partial charge >= 0.3 is 0 Å². The van der Waals surface area contributed by atoms with Crippen molar-refractivity contribution in [3.8, 4) is 0 Å². The first-order valence-corrected chi connectivity index (χ1v) is 9.21. The van der Waals surface area contributed by atoms with Gasteiger partial charge < -0.3 is 15.5 Å². The van der Waals surface area contributed by atoms with Crippen molar-refractivity contribution in [1.29, 1.82) is 0 Å². The zero-order valence-electron chi connectivity index (χ0n) is 14.7. The Hall–Kier alpha value is -2.66. The fourth-order valence-electron chi connectivity index (χ4n) is 3.86. The van der Waals surface area contributed by atoms with Gasteiger partial charge in [0.25, 0.3) is 11.8 Å². The third kappa shape index (κ3) is 3.48. The summed E-state index contributed by atoms with van der Waals surface area (Å²) in [6.45, 7) is 1.49. The van der Waals surface area contributed by atoms with Gasteiger partial charge in [-0.05, 0) is 43.5 Å². The van der Waals surface area contributed by atoms with Crippen molar-refractivity contribution in [1.82, 2.24) is 10.2 Å². The van der Waals surface area contributed by atoms with Gasteiger partial charge in [0.05, 0.1) is 11.3 Å². The maximum atomic E-state index is 13.1. The lowest BCUT2D eigenvalue weighted by atomic mass is 10.1. The number of carbonyl (C=O) groups is 2. The molecule has 0 spiro atoms. The van der Waals surface area contributed by atoms with Crippen LogP contribution in [0.1, 0.15) is 40.0 Å². The van der Waals surface area contributed by atoms with Crippen LogP contribution in [0.3, 0.4) is 0 Å². The lowest BCUT2D eigenvalue weighted by molar-refractivity contribution is 0.0749. The first-order valence-electron chi connectivity index (χ1n) is 9.21. The molecular weight excluding hydrogens is 326 g/mol. The van der Waals surface area contributed by atoms with Crippen molar-refractivity contribution in [2.24, 2.45) is 0 Å². The average molecular weight is 349 g/mol. The number of likely N-dealkylation sites (tertiary alicyclic amines) is 1. The monoisotopic (exact) mass is 349 g/mol. The van der Waals surface area contributed by atoms with Crippen LogP contribution in [0, 0.1) is 0 Å². The number of rotatable bonds is 3. The summed E-state index contributed by atoms with van der Waals surface area (Å²) in [5.74, 6) is -0.217. The quantitative estimate of drug-likeness (QED) is 0.896. The highest BCUT2D eigenvalue weighted by Crippen LogP contribution is 2.24. The van der Waals surface area contributed by atoms with E-state index in [1.54, 1.807) is 24.3 Å². The fourth-order valence-corrected chi connectivity index (χ4v) is 3.86. The van der Waals surface area contributed by atoms with Crippen molar-refractivity contribution in [2.75, 3.05) is 18.4 Å². The highest BCUT2D eigenvalue weighted by atomic mass is 16.2. The number of carbonyl (C=O) groups excluding carboxylic acids is 2. The molecule has 2 bridgehead atoms. The summed E-state index contributed by atoms with van der Waals surface area (Å²) in [7, 11) is 0. The lowest BCUT2D eigenvalue weighted by Crippen LogP contribution is -2.39. The second-order valence-corrected chi connectivity index (χ2v) is 7.04. The molecule has 2 N–H and O–H groups in total. The predicted molar refractivity (Wildman–Crippen MR) is 101 cm³/mol. The summed E-state index contributed by atoms with van der Waals surface area (Å²) in [6.07, 6.45) is 3.32. The number of fused-ring (bicyclic) bond motifs is 2. The van der Waals surface area contributed by atoms with E-state index >= 15 is 0 Å². The number of hydrogen-bond donors (Lipinski definition) is 2. The lowest BCUT2D eigenvalue weighted by Gasteiger charge is -2.25. The normalized spacial score (nSPS) is 21.9. The van der Waals surface area contributed by atoms with E-state index in [2.05, 4.69) is 10.6 Å². The molecule has 2 amide bonds. The van der Waals surface area contributed by atoms with E-state index in [1.807, 2.05) is 35.2 Å². The van der Waals surface area contributed by atoms with E-state index in [0.29, 0.717) is 28.9 Å². The molecule has 2 saturated heterocycles. The van der Waals surface area contributed by atoms with Crippen LogP contribution in [-0.2, 0) is 0 Å². The zero-order valence-corrected chi connectivity index (χ0v) is 14.7. The fraction of sp³-hybridized carbons (Fsp3) is 0.333. The van der Waals surface area contributed by atoms with E-state index in [1.165, 1.54) is 6.42 Å². The average Bonchev–Trinajstić information content (AvgIpc) is 3.01. The molecule has 26 heavy (non-hydrogen) atoms. The molecule has 2 atom stereocenters. The molecule has 0 aliphatic carbocycles. The Morgan fingerprint density at radius 2 is 1.65 bits per heavy atom. The number of nitrogens with zero attached hydrogens (tertiary/aromatic N) is 1. The first-order chi connectivity index (χ1) is 12.7. The van der Waals surface area contributed by atoms with Gasteiger partial charge in [0.2, 0.25) is 0 Å². The largest absolute Gasteiger partial charge is 0.337 e. The minimum atomic E-state index is -0.206. The molecule has 134 valence electrons. The molecule has 0 radical (unpaired) electrons. The Morgan fingerprint density at radius 3 is 2.50 bits per heavy atom. The van der Waals surface area contributed by atoms with Crippen LogP contribution in [0.15, 0.2) is 54.6 Å². The van der Waals surface area contributed by atoms with Crippen LogP contribution in [0.4, 0.5) is 5.69 Å². The molecule has 2 aromatic rings. The Balaban J connectivity index is 1.53. The SMILES string of the molecule is O=C(Nc1ccccc1C(=O)N1CCC2CCC(C1)N2)c1ccccc1. The van der Waals surface area contributed by atoms with Crippen molar-refractivity contribution in [3.63, 3.8) is 0 Å². The second kappa shape index (κ2) is 7.30. The van der Waals surface area contributed by atoms with Gasteiger partial charge in [-0.2, -0.15) is 0 Å². The van der Waals surface area contributed by atoms with Crippen LogP contribution in [0.5, 0.6) is 0 Å². The smallest absolute Gasteiger partial charge is 0.256 e. The Kier molecular flexibility index (Phi) is 4.71. The van der Waals surface area contributed by atoms with E-state index in [-0.39, 0.29) is 11.8 Å². The number of para-hydroxylation sites is 1. The van der Waals surface area contributed by atoms with E-state index in [9.17, 15) is 9.59 Å². The molecule has 2 heterocycles. The van der Waals surface area contributed by atoms with Crippen molar-refractivity contribution < 1.29 is 9.59 Å². The van der Waals surface area contributed by atoms with Gasteiger partial charge in [-0.1, -0.05) is 30.3 Å². The Labute approximate surface area is 153 Å². The van der Waals surface area contributed by atoms with Gasteiger partial charge in [-0.3, -0.25) is 9.59 Å². The third-order valence-electron chi connectivity index (χ3n) is 5.25. The van der Waals surface area contributed by atoms with E-state index < -0.39 is 0 Å². The molecule has 4 rings (SSSR count). The Morgan fingerprint density at radius 1 is 0.923 bits per heavy atom. The van der Waals surface area contributed by atoms with Crippen LogP contribution in [-0.4, -0.2) is 41.9 Å². The summed E-state index contributed by atoms with van der Waals surface area (Å²) in [5, 5.41) is 6.49. The number of nitrogens with one attached hydrogen (secondary N) is 2. The maximum Gasteiger partial charge on any atom is 0.256 e. The van der Waals surface area contributed by atoms with Crippen LogP contribution in [0.2, 0.25) is 0 Å². The molecule has 0 aromatic heterocycles. The molecule has 5 heteroatoms. The highest BCUT2D eigenvalue weighted by molar-refractivity contribution is 6.09. The molecule has 2 aliphatic rings. The van der Waals surface area contributed by atoms with Gasteiger partial charge in [-0.15, -0.1) is 0 Å². The van der Waals surface area contributed by atoms with Crippen molar-refractivity contribution in [3.05, 3.63) is 65.7 Å². The predicted octanol–water partition coefficient (Wildman–Crippen LogP) is 2.91. The number of anilines is 1. The first kappa shape index (κ1) is 16.8. The van der Waals surface area contributed by atoms with Crippen molar-refractivity contribution in [2.45, 2.75) is 31.3 Å². The van der Waals surface area contributed by atoms with E-state index in [0.717, 1.165) is 25.9 Å².